The van der Waals surface area contributed by atoms with Gasteiger partial charge in [0, 0.05) is 13.1 Å². The number of nitrogens with zero attached hydrogens (tertiary/aromatic N) is 3. The number of nitrogens with one attached hydrogen (secondary N) is 1. The molecular formula is C19H39N5. The van der Waals surface area contributed by atoms with Crippen LogP contribution in [0.4, 0.5) is 0 Å². The van der Waals surface area contributed by atoms with Gasteiger partial charge in [-0.2, -0.15) is 4.99 Å². The average Bonchev–Trinajstić information content (AvgIpc) is 2.51. The normalized spacial score (nSPS) is 18.6. The summed E-state index contributed by atoms with van der Waals surface area (Å²) in [6, 6.07) is 0. The quantitative estimate of drug-likeness (QED) is 0.523. The zero-order valence-electron chi connectivity index (χ0n) is 16.4. The van der Waals surface area contributed by atoms with Gasteiger partial charge in [-0.3, -0.25) is 4.99 Å². The highest BCUT2D eigenvalue weighted by Crippen LogP contribution is 2.17. The van der Waals surface area contributed by atoms with Crippen LogP contribution in [0.5, 0.6) is 0 Å². The molecule has 1 heterocycles. The Morgan fingerprint density at radius 3 is 2.00 bits per heavy atom. The third-order valence-corrected chi connectivity index (χ3v) is 4.63. The Kier molecular flexibility index (Phi) is 9.80. The maximum atomic E-state index is 6.15. The summed E-state index contributed by atoms with van der Waals surface area (Å²) >= 11 is 0. The third-order valence-electron chi connectivity index (χ3n) is 4.63. The Balaban J connectivity index is 2.20. The van der Waals surface area contributed by atoms with Gasteiger partial charge in [-0.1, -0.05) is 64.7 Å². The summed E-state index contributed by atoms with van der Waals surface area (Å²) in [4.78, 5) is 10.9. The van der Waals surface area contributed by atoms with E-state index in [1.54, 1.807) is 0 Å². The van der Waals surface area contributed by atoms with Crippen LogP contribution in [0.2, 0.25) is 0 Å². The zero-order valence-corrected chi connectivity index (χ0v) is 16.4. The number of hydrogen-bond donors (Lipinski definition) is 2. The van der Waals surface area contributed by atoms with Gasteiger partial charge in [0.2, 0.25) is 11.9 Å². The lowest BCUT2D eigenvalue weighted by molar-refractivity contribution is 0.182. The van der Waals surface area contributed by atoms with Crippen molar-refractivity contribution in [1.82, 2.24) is 10.2 Å². The predicted molar refractivity (Wildman–Crippen MR) is 105 cm³/mol. The summed E-state index contributed by atoms with van der Waals surface area (Å²) in [7, 11) is 0. The molecular weight excluding hydrogens is 298 g/mol. The van der Waals surface area contributed by atoms with Gasteiger partial charge >= 0.3 is 0 Å². The Morgan fingerprint density at radius 2 is 1.50 bits per heavy atom. The first kappa shape index (κ1) is 20.8. The summed E-state index contributed by atoms with van der Waals surface area (Å²) < 4.78 is 0. The van der Waals surface area contributed by atoms with Gasteiger partial charge in [0.15, 0.2) is 0 Å². The molecule has 0 spiro atoms. The maximum Gasteiger partial charge on any atom is 0.223 e. The molecule has 0 amide bonds. The molecule has 0 fully saturated rings. The van der Waals surface area contributed by atoms with E-state index in [4.69, 9.17) is 5.73 Å². The Bertz CT molecular complexity index is 401. The van der Waals surface area contributed by atoms with Gasteiger partial charge in [-0.25, -0.2) is 0 Å². The Hall–Kier alpha value is -1.26. The minimum atomic E-state index is -0.223. The molecule has 5 heteroatoms. The molecule has 3 N–H and O–H groups in total. The number of unbranched alkanes of at least 4 members (excludes halogenated alkanes) is 9. The molecule has 0 unspecified atom stereocenters. The number of guanidine groups is 2. The standard InChI is InChI=1S/C19H39N5/c1-5-7-8-9-10-11-12-13-14-15-16-24-17(20)22-18(21-6-2)23-19(24,3)4/h5-16H2,1-4H3,(H3,20,21,22,23). The molecule has 5 nitrogen and oxygen atoms in total. The van der Waals surface area contributed by atoms with Gasteiger partial charge in [-0.05, 0) is 27.2 Å². The third kappa shape index (κ3) is 7.54. The number of rotatable bonds is 12. The fraction of sp³-hybridized carbons (Fsp3) is 0.895. The van der Waals surface area contributed by atoms with Crippen molar-refractivity contribution in [3.63, 3.8) is 0 Å². The lowest BCUT2D eigenvalue weighted by Crippen LogP contribution is -2.64. The van der Waals surface area contributed by atoms with Crippen molar-refractivity contribution in [3.8, 4) is 0 Å². The van der Waals surface area contributed by atoms with Crippen molar-refractivity contribution in [2.24, 2.45) is 15.7 Å². The molecule has 140 valence electrons. The highest BCUT2D eigenvalue weighted by molar-refractivity contribution is 5.97. The van der Waals surface area contributed by atoms with Gasteiger partial charge in [0.1, 0.15) is 5.66 Å². The predicted octanol–water partition coefficient (Wildman–Crippen LogP) is 4.24. The fourth-order valence-corrected chi connectivity index (χ4v) is 3.20. The molecule has 1 aliphatic heterocycles. The fourth-order valence-electron chi connectivity index (χ4n) is 3.20. The molecule has 0 aromatic rings. The summed E-state index contributed by atoms with van der Waals surface area (Å²) in [5, 5.41) is 3.37. The van der Waals surface area contributed by atoms with Crippen molar-refractivity contribution in [1.29, 1.82) is 0 Å². The molecule has 1 aliphatic rings. The highest BCUT2D eigenvalue weighted by atomic mass is 15.4. The second-order valence-corrected chi connectivity index (χ2v) is 7.29. The number of hydrogen-bond acceptors (Lipinski definition) is 3. The molecule has 0 aromatic heterocycles. The topological polar surface area (TPSA) is 66.0 Å². The molecule has 0 aliphatic carbocycles. The van der Waals surface area contributed by atoms with Crippen LogP contribution in [0.15, 0.2) is 9.98 Å². The zero-order chi connectivity index (χ0) is 17.8. The summed E-state index contributed by atoms with van der Waals surface area (Å²) in [6.45, 7) is 10.2. The van der Waals surface area contributed by atoms with Gasteiger partial charge in [0.25, 0.3) is 0 Å². The van der Waals surface area contributed by atoms with E-state index in [0.717, 1.165) is 13.0 Å². The van der Waals surface area contributed by atoms with Crippen molar-refractivity contribution < 1.29 is 0 Å². The first-order valence-electron chi connectivity index (χ1n) is 9.95. The summed E-state index contributed by atoms with van der Waals surface area (Å²) in [5.74, 6) is 1.24. The van der Waals surface area contributed by atoms with Crippen molar-refractivity contribution >= 4 is 11.9 Å². The summed E-state index contributed by atoms with van der Waals surface area (Å²) in [5.41, 5.74) is 5.93. The van der Waals surface area contributed by atoms with E-state index in [9.17, 15) is 0 Å². The van der Waals surface area contributed by atoms with Crippen LogP contribution in [-0.4, -0.2) is 35.6 Å². The van der Waals surface area contributed by atoms with E-state index in [0.29, 0.717) is 18.5 Å². The maximum absolute atomic E-state index is 6.15. The van der Waals surface area contributed by atoms with Gasteiger partial charge in [0.05, 0.1) is 0 Å². The molecule has 1 rings (SSSR count). The van der Waals surface area contributed by atoms with E-state index >= 15 is 0 Å². The average molecular weight is 338 g/mol. The lowest BCUT2D eigenvalue weighted by atomic mass is 10.1. The minimum Gasteiger partial charge on any atom is -0.369 e. The Labute approximate surface area is 149 Å². The molecule has 0 saturated carbocycles. The lowest BCUT2D eigenvalue weighted by Gasteiger charge is -2.43. The molecule has 24 heavy (non-hydrogen) atoms. The van der Waals surface area contributed by atoms with E-state index in [2.05, 4.69) is 41.0 Å². The largest absolute Gasteiger partial charge is 0.369 e. The molecule has 0 saturated heterocycles. The van der Waals surface area contributed by atoms with E-state index < -0.39 is 0 Å². The number of aliphatic imine (C=N–C) groups is 2. The van der Waals surface area contributed by atoms with Crippen LogP contribution in [-0.2, 0) is 0 Å². The van der Waals surface area contributed by atoms with Crippen LogP contribution in [0.1, 0.15) is 91.9 Å². The monoisotopic (exact) mass is 337 g/mol. The first-order valence-corrected chi connectivity index (χ1v) is 9.95. The second-order valence-electron chi connectivity index (χ2n) is 7.29. The molecule has 0 bridgehead atoms. The first-order chi connectivity index (χ1) is 11.5. The highest BCUT2D eigenvalue weighted by Gasteiger charge is 2.32. The van der Waals surface area contributed by atoms with Gasteiger partial charge in [-0.15, -0.1) is 0 Å². The van der Waals surface area contributed by atoms with Crippen LogP contribution >= 0.6 is 0 Å². The molecule has 0 atom stereocenters. The van der Waals surface area contributed by atoms with Crippen LogP contribution in [0.25, 0.3) is 0 Å². The van der Waals surface area contributed by atoms with E-state index in [1.165, 1.54) is 57.8 Å². The van der Waals surface area contributed by atoms with Crippen LogP contribution in [0, 0.1) is 0 Å². The van der Waals surface area contributed by atoms with Gasteiger partial charge < -0.3 is 16.0 Å². The molecule has 0 radical (unpaired) electrons. The summed E-state index contributed by atoms with van der Waals surface area (Å²) in [6.07, 6.45) is 13.5. The van der Waals surface area contributed by atoms with Crippen LogP contribution in [0.3, 0.4) is 0 Å². The van der Waals surface area contributed by atoms with E-state index in [-0.39, 0.29) is 5.66 Å². The number of nitrogens with two attached hydrogens (primary N) is 1. The SMILES string of the molecule is CCCCCCCCCCCCN1C(N)=NC(=NCC)NC1(C)C. The van der Waals surface area contributed by atoms with Crippen molar-refractivity contribution in [2.75, 3.05) is 13.1 Å². The minimum absolute atomic E-state index is 0.223. The van der Waals surface area contributed by atoms with E-state index in [1.807, 2.05) is 6.92 Å². The van der Waals surface area contributed by atoms with Crippen molar-refractivity contribution in [3.05, 3.63) is 0 Å². The Morgan fingerprint density at radius 1 is 0.958 bits per heavy atom. The smallest absolute Gasteiger partial charge is 0.223 e. The van der Waals surface area contributed by atoms with Crippen LogP contribution < -0.4 is 11.1 Å². The van der Waals surface area contributed by atoms with Crippen molar-refractivity contribution in [2.45, 2.75) is 97.6 Å². The molecule has 0 aromatic carbocycles. The second kappa shape index (κ2) is 11.3.